The first-order valence-corrected chi connectivity index (χ1v) is 7.00. The van der Waals surface area contributed by atoms with E-state index in [9.17, 15) is 9.90 Å². The third-order valence-electron chi connectivity index (χ3n) is 3.39. The lowest BCUT2D eigenvalue weighted by atomic mass is 10.3. The maximum absolute atomic E-state index is 11.7. The minimum absolute atomic E-state index is 0.0178. The number of β-amino-alcohol motifs (C(OH)–C–C–N with tert-alkyl or cyclic N) is 1. The molecule has 0 aliphatic carbocycles. The Hall–Kier alpha value is -1.37. The molecule has 2 atom stereocenters. The predicted molar refractivity (Wildman–Crippen MR) is 73.0 cm³/mol. The zero-order valence-corrected chi connectivity index (χ0v) is 11.7. The van der Waals surface area contributed by atoms with Gasteiger partial charge in [0, 0.05) is 32.7 Å². The summed E-state index contributed by atoms with van der Waals surface area (Å²) in [4.78, 5) is 13.8. The van der Waals surface area contributed by atoms with Crippen molar-refractivity contribution >= 4 is 5.91 Å². The molecule has 0 aromatic carbocycles. The van der Waals surface area contributed by atoms with E-state index in [1.165, 1.54) is 0 Å². The van der Waals surface area contributed by atoms with Gasteiger partial charge in [0.15, 0.2) is 0 Å². The van der Waals surface area contributed by atoms with E-state index in [-0.39, 0.29) is 12.0 Å². The van der Waals surface area contributed by atoms with Crippen LogP contribution in [0.1, 0.15) is 19.1 Å². The van der Waals surface area contributed by atoms with E-state index in [1.807, 2.05) is 13.0 Å². The van der Waals surface area contributed by atoms with Gasteiger partial charge in [0.2, 0.25) is 5.91 Å². The highest BCUT2D eigenvalue weighted by Crippen LogP contribution is 2.13. The van der Waals surface area contributed by atoms with Gasteiger partial charge in [0.25, 0.3) is 0 Å². The standard InChI is InChI=1S/C14H22N2O4/c1-2-19-13-10-16(9-12(13)17)6-5-14(18)15-8-11-4-3-7-20-11/h3-4,7,12-13,17H,2,5-6,8-10H2,1H3,(H,15,18)/t12-,13-/m0/s1. The van der Waals surface area contributed by atoms with Gasteiger partial charge in [-0.2, -0.15) is 0 Å². The van der Waals surface area contributed by atoms with Crippen LogP contribution in [0.5, 0.6) is 0 Å². The summed E-state index contributed by atoms with van der Waals surface area (Å²) in [6, 6.07) is 3.62. The minimum Gasteiger partial charge on any atom is -0.467 e. The van der Waals surface area contributed by atoms with Gasteiger partial charge in [-0.05, 0) is 19.1 Å². The SMILES string of the molecule is CCO[C@H]1CN(CCC(=O)NCc2ccco2)C[C@@H]1O. The summed E-state index contributed by atoms with van der Waals surface area (Å²) >= 11 is 0. The number of carbonyl (C=O) groups is 1. The van der Waals surface area contributed by atoms with Crippen LogP contribution in [-0.2, 0) is 16.1 Å². The molecule has 0 spiro atoms. The van der Waals surface area contributed by atoms with Crippen LogP contribution in [0.25, 0.3) is 0 Å². The average Bonchev–Trinajstić information content (AvgIpc) is 3.05. The second-order valence-electron chi connectivity index (χ2n) is 4.93. The highest BCUT2D eigenvalue weighted by atomic mass is 16.5. The van der Waals surface area contributed by atoms with E-state index in [1.54, 1.807) is 12.3 Å². The Kier molecular flexibility index (Phi) is 5.58. The average molecular weight is 282 g/mol. The van der Waals surface area contributed by atoms with Crippen LogP contribution in [0.3, 0.4) is 0 Å². The molecular weight excluding hydrogens is 260 g/mol. The van der Waals surface area contributed by atoms with E-state index in [2.05, 4.69) is 10.2 Å². The lowest BCUT2D eigenvalue weighted by molar-refractivity contribution is -0.121. The molecular formula is C14H22N2O4. The van der Waals surface area contributed by atoms with Crippen molar-refractivity contribution in [2.45, 2.75) is 32.1 Å². The highest BCUT2D eigenvalue weighted by molar-refractivity contribution is 5.75. The van der Waals surface area contributed by atoms with E-state index in [0.29, 0.717) is 39.2 Å². The van der Waals surface area contributed by atoms with Crippen molar-refractivity contribution in [1.29, 1.82) is 0 Å². The fraction of sp³-hybridized carbons (Fsp3) is 0.643. The predicted octanol–water partition coefficient (Wildman–Crippen LogP) is 0.367. The molecule has 6 heteroatoms. The molecule has 1 aliphatic heterocycles. The number of hydrogen-bond acceptors (Lipinski definition) is 5. The molecule has 0 radical (unpaired) electrons. The molecule has 112 valence electrons. The lowest BCUT2D eigenvalue weighted by Crippen LogP contribution is -2.30. The first-order valence-electron chi connectivity index (χ1n) is 7.00. The highest BCUT2D eigenvalue weighted by Gasteiger charge is 2.31. The van der Waals surface area contributed by atoms with Gasteiger partial charge in [0.1, 0.15) is 5.76 Å². The number of nitrogens with zero attached hydrogens (tertiary/aromatic N) is 1. The molecule has 0 unspecified atom stereocenters. The number of aliphatic hydroxyl groups is 1. The lowest BCUT2D eigenvalue weighted by Gasteiger charge is -2.15. The van der Waals surface area contributed by atoms with E-state index in [4.69, 9.17) is 9.15 Å². The summed E-state index contributed by atoms with van der Waals surface area (Å²) in [5.41, 5.74) is 0. The summed E-state index contributed by atoms with van der Waals surface area (Å²) in [6.45, 7) is 4.80. The summed E-state index contributed by atoms with van der Waals surface area (Å²) in [5.74, 6) is 0.724. The second kappa shape index (κ2) is 7.42. The van der Waals surface area contributed by atoms with Crippen molar-refractivity contribution in [3.63, 3.8) is 0 Å². The molecule has 2 N–H and O–H groups in total. The number of ether oxygens (including phenoxy) is 1. The third kappa shape index (κ3) is 4.33. The molecule has 0 saturated carbocycles. The molecule has 1 aromatic rings. The Morgan fingerprint density at radius 2 is 2.45 bits per heavy atom. The maximum atomic E-state index is 11.7. The molecule has 20 heavy (non-hydrogen) atoms. The van der Waals surface area contributed by atoms with E-state index >= 15 is 0 Å². The Morgan fingerprint density at radius 1 is 1.60 bits per heavy atom. The molecule has 1 aliphatic rings. The normalized spacial score (nSPS) is 23.1. The zero-order chi connectivity index (χ0) is 14.4. The van der Waals surface area contributed by atoms with Gasteiger partial charge in [-0.15, -0.1) is 0 Å². The largest absolute Gasteiger partial charge is 0.467 e. The molecule has 6 nitrogen and oxygen atoms in total. The smallest absolute Gasteiger partial charge is 0.221 e. The molecule has 1 amide bonds. The number of likely N-dealkylation sites (tertiary alicyclic amines) is 1. The quantitative estimate of drug-likeness (QED) is 0.755. The summed E-state index contributed by atoms with van der Waals surface area (Å²) < 4.78 is 10.6. The van der Waals surface area contributed by atoms with Crippen LogP contribution < -0.4 is 5.32 Å². The van der Waals surface area contributed by atoms with Gasteiger partial charge in [-0.25, -0.2) is 0 Å². The van der Waals surface area contributed by atoms with Crippen molar-refractivity contribution in [3.8, 4) is 0 Å². The minimum atomic E-state index is -0.457. The van der Waals surface area contributed by atoms with Crippen LogP contribution in [0.2, 0.25) is 0 Å². The zero-order valence-electron chi connectivity index (χ0n) is 11.7. The Bertz CT molecular complexity index is 407. The van der Waals surface area contributed by atoms with Crippen LogP contribution in [0, 0.1) is 0 Å². The molecule has 2 heterocycles. The summed E-state index contributed by atoms with van der Waals surface area (Å²) in [6.07, 6.45) is 1.40. The fourth-order valence-corrected chi connectivity index (χ4v) is 2.34. The van der Waals surface area contributed by atoms with Gasteiger partial charge >= 0.3 is 0 Å². The number of carbonyl (C=O) groups excluding carboxylic acids is 1. The molecule has 0 bridgehead atoms. The fourth-order valence-electron chi connectivity index (χ4n) is 2.34. The first-order chi connectivity index (χ1) is 9.69. The van der Waals surface area contributed by atoms with Crippen molar-refractivity contribution in [1.82, 2.24) is 10.2 Å². The van der Waals surface area contributed by atoms with Crippen molar-refractivity contribution < 1.29 is 19.1 Å². The van der Waals surface area contributed by atoms with Crippen molar-refractivity contribution in [2.75, 3.05) is 26.2 Å². The van der Waals surface area contributed by atoms with Crippen LogP contribution in [0.4, 0.5) is 0 Å². The first kappa shape index (κ1) is 15.0. The molecule has 1 fully saturated rings. The van der Waals surface area contributed by atoms with Crippen LogP contribution in [-0.4, -0.2) is 54.4 Å². The van der Waals surface area contributed by atoms with Crippen LogP contribution >= 0.6 is 0 Å². The third-order valence-corrected chi connectivity index (χ3v) is 3.39. The molecule has 1 saturated heterocycles. The number of amides is 1. The number of nitrogens with one attached hydrogen (secondary N) is 1. The van der Waals surface area contributed by atoms with Gasteiger partial charge in [0.05, 0.1) is 25.0 Å². The number of furan rings is 1. The molecule has 1 aromatic heterocycles. The Labute approximate surface area is 118 Å². The number of aliphatic hydroxyl groups excluding tert-OH is 1. The Balaban J connectivity index is 1.64. The maximum Gasteiger partial charge on any atom is 0.221 e. The van der Waals surface area contributed by atoms with E-state index < -0.39 is 6.10 Å². The molecule has 2 rings (SSSR count). The monoisotopic (exact) mass is 282 g/mol. The van der Waals surface area contributed by atoms with Crippen molar-refractivity contribution in [3.05, 3.63) is 24.2 Å². The summed E-state index contributed by atoms with van der Waals surface area (Å²) in [5, 5.41) is 12.6. The second-order valence-corrected chi connectivity index (χ2v) is 4.93. The van der Waals surface area contributed by atoms with Crippen molar-refractivity contribution in [2.24, 2.45) is 0 Å². The van der Waals surface area contributed by atoms with Gasteiger partial charge < -0.3 is 19.6 Å². The topological polar surface area (TPSA) is 74.9 Å². The van der Waals surface area contributed by atoms with Crippen LogP contribution in [0.15, 0.2) is 22.8 Å². The number of rotatable bonds is 7. The van der Waals surface area contributed by atoms with Gasteiger partial charge in [-0.1, -0.05) is 0 Å². The van der Waals surface area contributed by atoms with Gasteiger partial charge in [-0.3, -0.25) is 9.69 Å². The number of hydrogen-bond donors (Lipinski definition) is 2. The van der Waals surface area contributed by atoms with E-state index in [0.717, 1.165) is 5.76 Å². The Morgan fingerprint density at radius 3 is 3.15 bits per heavy atom. The summed E-state index contributed by atoms with van der Waals surface area (Å²) in [7, 11) is 0.